The highest BCUT2D eigenvalue weighted by Gasteiger charge is 2.26. The molecule has 1 aliphatic carbocycles. The van der Waals surface area contributed by atoms with E-state index in [0.717, 1.165) is 25.0 Å². The lowest BCUT2D eigenvalue weighted by atomic mass is 9.90. The molecule has 0 heterocycles. The van der Waals surface area contributed by atoms with Crippen LogP contribution in [0.25, 0.3) is 0 Å². The lowest BCUT2D eigenvalue weighted by molar-refractivity contribution is -0.0189. The Labute approximate surface area is 87.0 Å². The maximum absolute atomic E-state index is 12.8. The highest BCUT2D eigenvalue weighted by molar-refractivity contribution is 5.16. The highest BCUT2D eigenvalue weighted by atomic mass is 19.2. The van der Waals surface area contributed by atoms with Crippen molar-refractivity contribution in [2.75, 3.05) is 0 Å². The van der Waals surface area contributed by atoms with Crippen molar-refractivity contribution >= 4 is 0 Å². The average Bonchev–Trinajstić information content (AvgIpc) is 2.16. The monoisotopic (exact) mass is 213 g/mol. The molecule has 0 radical (unpaired) electrons. The number of rotatable bonds is 3. The maximum Gasteiger partial charge on any atom is 0.159 e. The summed E-state index contributed by atoms with van der Waals surface area (Å²) >= 11 is 0. The molecule has 0 bridgehead atoms. The Morgan fingerprint density at radius 1 is 1.27 bits per heavy atom. The molecule has 2 nitrogen and oxygen atoms in total. The molecule has 2 rings (SSSR count). The van der Waals surface area contributed by atoms with Crippen molar-refractivity contribution in [1.82, 2.24) is 0 Å². The Bertz CT molecular complexity index is 350. The van der Waals surface area contributed by atoms with Gasteiger partial charge >= 0.3 is 0 Å². The third-order valence-corrected chi connectivity index (χ3v) is 2.60. The predicted molar refractivity (Wildman–Crippen MR) is 52.1 cm³/mol. The third kappa shape index (κ3) is 2.52. The molecule has 0 aliphatic heterocycles. The molecule has 0 amide bonds. The standard InChI is InChI=1S/C11H13F2NO/c12-10-2-1-7(3-11(10)13)6-15-9-4-8(14)5-9/h1-3,8-9H,4-6,14H2/t8-,9-. The van der Waals surface area contributed by atoms with E-state index >= 15 is 0 Å². The third-order valence-electron chi connectivity index (χ3n) is 2.60. The molecular weight excluding hydrogens is 200 g/mol. The molecule has 1 aromatic carbocycles. The number of nitrogens with two attached hydrogens (primary N) is 1. The van der Waals surface area contributed by atoms with Crippen LogP contribution in [-0.4, -0.2) is 12.1 Å². The molecule has 0 unspecified atom stereocenters. The predicted octanol–water partition coefficient (Wildman–Crippen LogP) is 1.97. The topological polar surface area (TPSA) is 35.2 Å². The van der Waals surface area contributed by atoms with Gasteiger partial charge in [0.15, 0.2) is 11.6 Å². The molecule has 1 saturated carbocycles. The summed E-state index contributed by atoms with van der Waals surface area (Å²) in [6.07, 6.45) is 1.88. The Kier molecular flexibility index (Phi) is 2.98. The van der Waals surface area contributed by atoms with Gasteiger partial charge in [0.25, 0.3) is 0 Å². The van der Waals surface area contributed by atoms with Gasteiger partial charge in [-0.15, -0.1) is 0 Å². The second-order valence-electron chi connectivity index (χ2n) is 3.91. The smallest absolute Gasteiger partial charge is 0.159 e. The first-order valence-corrected chi connectivity index (χ1v) is 4.96. The fourth-order valence-corrected chi connectivity index (χ4v) is 1.59. The lowest BCUT2D eigenvalue weighted by Gasteiger charge is -2.32. The zero-order chi connectivity index (χ0) is 10.8. The van der Waals surface area contributed by atoms with E-state index in [0.29, 0.717) is 12.2 Å². The van der Waals surface area contributed by atoms with E-state index in [1.807, 2.05) is 0 Å². The minimum absolute atomic E-state index is 0.174. The summed E-state index contributed by atoms with van der Waals surface area (Å²) in [7, 11) is 0. The van der Waals surface area contributed by atoms with E-state index in [1.54, 1.807) is 0 Å². The van der Waals surface area contributed by atoms with Gasteiger partial charge < -0.3 is 10.5 Å². The van der Waals surface area contributed by atoms with Gasteiger partial charge in [-0.1, -0.05) is 6.07 Å². The summed E-state index contributed by atoms with van der Waals surface area (Å²) in [4.78, 5) is 0. The van der Waals surface area contributed by atoms with E-state index in [-0.39, 0.29) is 12.1 Å². The molecule has 1 aliphatic rings. The van der Waals surface area contributed by atoms with Crippen molar-refractivity contribution in [1.29, 1.82) is 0 Å². The summed E-state index contributed by atoms with van der Waals surface area (Å²) in [5, 5.41) is 0. The van der Waals surface area contributed by atoms with Gasteiger partial charge in [-0.05, 0) is 30.5 Å². The molecule has 2 N–H and O–H groups in total. The first-order valence-electron chi connectivity index (χ1n) is 4.96. The number of hydrogen-bond acceptors (Lipinski definition) is 2. The lowest BCUT2D eigenvalue weighted by Crippen LogP contribution is -2.41. The van der Waals surface area contributed by atoms with Crippen molar-refractivity contribution in [2.45, 2.75) is 31.6 Å². The summed E-state index contributed by atoms with van der Waals surface area (Å²) < 4.78 is 30.9. The van der Waals surface area contributed by atoms with Crippen molar-refractivity contribution in [3.05, 3.63) is 35.4 Å². The summed E-state index contributed by atoms with van der Waals surface area (Å²) in [5.41, 5.74) is 6.24. The van der Waals surface area contributed by atoms with Crippen LogP contribution in [0.4, 0.5) is 8.78 Å². The molecule has 0 aromatic heterocycles. The van der Waals surface area contributed by atoms with Crippen molar-refractivity contribution < 1.29 is 13.5 Å². The first-order chi connectivity index (χ1) is 7.15. The van der Waals surface area contributed by atoms with Gasteiger partial charge in [0, 0.05) is 6.04 Å². The van der Waals surface area contributed by atoms with Gasteiger partial charge in [0.2, 0.25) is 0 Å². The van der Waals surface area contributed by atoms with E-state index in [4.69, 9.17) is 10.5 Å². The number of hydrogen-bond donors (Lipinski definition) is 1. The summed E-state index contributed by atoms with van der Waals surface area (Å²) in [5.74, 6) is -1.66. The molecule has 0 atom stereocenters. The summed E-state index contributed by atoms with van der Waals surface area (Å²) in [6, 6.07) is 4.03. The molecule has 15 heavy (non-hydrogen) atoms. The van der Waals surface area contributed by atoms with Crippen LogP contribution in [0.2, 0.25) is 0 Å². The van der Waals surface area contributed by atoms with Crippen LogP contribution >= 0.6 is 0 Å². The van der Waals surface area contributed by atoms with Crippen molar-refractivity contribution in [3.8, 4) is 0 Å². The van der Waals surface area contributed by atoms with Gasteiger partial charge in [-0.25, -0.2) is 8.78 Å². The van der Waals surface area contributed by atoms with Gasteiger partial charge in [0.1, 0.15) is 0 Å². The SMILES string of the molecule is N[C@H]1C[C@H](OCc2ccc(F)c(F)c2)C1. The quantitative estimate of drug-likeness (QED) is 0.833. The Balaban J connectivity index is 1.86. The van der Waals surface area contributed by atoms with E-state index < -0.39 is 11.6 Å². The van der Waals surface area contributed by atoms with E-state index in [2.05, 4.69) is 0 Å². The largest absolute Gasteiger partial charge is 0.373 e. The molecule has 1 fully saturated rings. The van der Waals surface area contributed by atoms with Crippen LogP contribution in [0.1, 0.15) is 18.4 Å². The van der Waals surface area contributed by atoms with E-state index in [1.165, 1.54) is 6.07 Å². The highest BCUT2D eigenvalue weighted by Crippen LogP contribution is 2.22. The Hall–Kier alpha value is -1.00. The normalized spacial score (nSPS) is 25.0. The van der Waals surface area contributed by atoms with Gasteiger partial charge in [-0.3, -0.25) is 0 Å². The zero-order valence-electron chi connectivity index (χ0n) is 8.25. The number of ether oxygens (including phenoxy) is 1. The Morgan fingerprint density at radius 3 is 2.60 bits per heavy atom. The first kappa shape index (κ1) is 10.5. The van der Waals surface area contributed by atoms with Crippen LogP contribution < -0.4 is 5.73 Å². The van der Waals surface area contributed by atoms with Crippen LogP contribution in [-0.2, 0) is 11.3 Å². The fourth-order valence-electron chi connectivity index (χ4n) is 1.59. The number of benzene rings is 1. The molecule has 82 valence electrons. The Morgan fingerprint density at radius 2 is 2.00 bits per heavy atom. The van der Waals surface area contributed by atoms with Crippen molar-refractivity contribution in [3.63, 3.8) is 0 Å². The number of halogens is 2. The zero-order valence-corrected chi connectivity index (χ0v) is 8.25. The second-order valence-corrected chi connectivity index (χ2v) is 3.91. The van der Waals surface area contributed by atoms with Gasteiger partial charge in [-0.2, -0.15) is 0 Å². The van der Waals surface area contributed by atoms with E-state index in [9.17, 15) is 8.78 Å². The van der Waals surface area contributed by atoms with Crippen LogP contribution in [0.15, 0.2) is 18.2 Å². The minimum Gasteiger partial charge on any atom is -0.373 e. The maximum atomic E-state index is 12.8. The molecule has 1 aromatic rings. The average molecular weight is 213 g/mol. The van der Waals surface area contributed by atoms with Crippen LogP contribution in [0.3, 0.4) is 0 Å². The minimum atomic E-state index is -0.832. The van der Waals surface area contributed by atoms with Crippen LogP contribution in [0, 0.1) is 11.6 Å². The second kappa shape index (κ2) is 4.24. The van der Waals surface area contributed by atoms with Crippen LogP contribution in [0.5, 0.6) is 0 Å². The molecule has 0 saturated heterocycles. The molecular formula is C11H13F2NO. The molecule has 4 heteroatoms. The van der Waals surface area contributed by atoms with Crippen molar-refractivity contribution in [2.24, 2.45) is 5.73 Å². The van der Waals surface area contributed by atoms with Gasteiger partial charge in [0.05, 0.1) is 12.7 Å². The fraction of sp³-hybridized carbons (Fsp3) is 0.455. The summed E-state index contributed by atoms with van der Waals surface area (Å²) in [6.45, 7) is 0.314. The molecule has 0 spiro atoms.